The maximum Gasteiger partial charge on any atom is 0.302 e. The van der Waals surface area contributed by atoms with E-state index in [0.717, 1.165) is 25.7 Å². The van der Waals surface area contributed by atoms with E-state index in [1.807, 2.05) is 0 Å². The molecule has 0 N–H and O–H groups in total. The summed E-state index contributed by atoms with van der Waals surface area (Å²) in [6.45, 7) is 4.14. The lowest BCUT2D eigenvalue weighted by molar-refractivity contribution is -0.141. The fraction of sp³-hybridized carbons (Fsp3) is 0.909. The normalized spacial score (nSPS) is 12.5. The molecule has 0 aromatic carbocycles. The van der Waals surface area contributed by atoms with Gasteiger partial charge in [-0.25, -0.2) is 0 Å². The SMILES string of the molecule is CCCCC(Cl)CCCCOC(C)=O. The van der Waals surface area contributed by atoms with Gasteiger partial charge in [-0.15, -0.1) is 11.6 Å². The van der Waals surface area contributed by atoms with E-state index >= 15 is 0 Å². The number of rotatable bonds is 8. The zero-order valence-electron chi connectivity index (χ0n) is 9.22. The Morgan fingerprint density at radius 3 is 2.50 bits per heavy atom. The van der Waals surface area contributed by atoms with Gasteiger partial charge in [0.15, 0.2) is 0 Å². The van der Waals surface area contributed by atoms with Crippen molar-refractivity contribution in [1.82, 2.24) is 0 Å². The number of carbonyl (C=O) groups is 1. The smallest absolute Gasteiger partial charge is 0.302 e. The summed E-state index contributed by atoms with van der Waals surface area (Å²) in [5.41, 5.74) is 0. The van der Waals surface area contributed by atoms with Crippen LogP contribution < -0.4 is 0 Å². The first kappa shape index (κ1) is 13.8. The van der Waals surface area contributed by atoms with Crippen LogP contribution in [0.2, 0.25) is 0 Å². The predicted octanol–water partition coefficient (Wildman–Crippen LogP) is 3.52. The Bertz CT molecular complexity index is 148. The van der Waals surface area contributed by atoms with Crippen LogP contribution in [0.3, 0.4) is 0 Å². The second-order valence-corrected chi connectivity index (χ2v) is 4.19. The second-order valence-electron chi connectivity index (χ2n) is 3.58. The van der Waals surface area contributed by atoms with Gasteiger partial charge >= 0.3 is 5.97 Å². The minimum absolute atomic E-state index is 0.196. The molecule has 0 spiro atoms. The average Bonchev–Trinajstić information content (AvgIpc) is 2.13. The fourth-order valence-corrected chi connectivity index (χ4v) is 1.56. The van der Waals surface area contributed by atoms with Gasteiger partial charge in [-0.3, -0.25) is 4.79 Å². The first-order valence-electron chi connectivity index (χ1n) is 5.44. The van der Waals surface area contributed by atoms with Crippen LogP contribution in [-0.2, 0) is 9.53 Å². The number of hydrogen-bond acceptors (Lipinski definition) is 2. The van der Waals surface area contributed by atoms with E-state index in [9.17, 15) is 4.79 Å². The van der Waals surface area contributed by atoms with E-state index < -0.39 is 0 Å². The highest BCUT2D eigenvalue weighted by atomic mass is 35.5. The molecule has 1 unspecified atom stereocenters. The van der Waals surface area contributed by atoms with Crippen LogP contribution >= 0.6 is 11.6 Å². The van der Waals surface area contributed by atoms with Crippen molar-refractivity contribution in [1.29, 1.82) is 0 Å². The first-order chi connectivity index (χ1) is 6.66. The Balaban J connectivity index is 3.14. The third kappa shape index (κ3) is 9.85. The van der Waals surface area contributed by atoms with Gasteiger partial charge in [0.25, 0.3) is 0 Å². The van der Waals surface area contributed by atoms with Gasteiger partial charge in [0.05, 0.1) is 6.61 Å². The topological polar surface area (TPSA) is 26.3 Å². The minimum atomic E-state index is -0.196. The Kier molecular flexibility index (Phi) is 9.16. The zero-order valence-corrected chi connectivity index (χ0v) is 9.98. The van der Waals surface area contributed by atoms with Crippen LogP contribution in [-0.4, -0.2) is 18.0 Å². The molecule has 0 rings (SSSR count). The molecular formula is C11H21ClO2. The van der Waals surface area contributed by atoms with Gasteiger partial charge in [-0.2, -0.15) is 0 Å². The Hall–Kier alpha value is -0.240. The largest absolute Gasteiger partial charge is 0.466 e. The molecule has 0 aromatic rings. The molecule has 0 amide bonds. The summed E-state index contributed by atoms with van der Waals surface area (Å²) in [7, 11) is 0. The molecule has 84 valence electrons. The van der Waals surface area contributed by atoms with Crippen LogP contribution in [0.4, 0.5) is 0 Å². The van der Waals surface area contributed by atoms with Crippen molar-refractivity contribution in [2.45, 2.75) is 57.7 Å². The maximum atomic E-state index is 10.4. The lowest BCUT2D eigenvalue weighted by Crippen LogP contribution is -2.02. The molecule has 0 aliphatic rings. The van der Waals surface area contributed by atoms with Crippen LogP contribution in [0.25, 0.3) is 0 Å². The Morgan fingerprint density at radius 2 is 1.93 bits per heavy atom. The van der Waals surface area contributed by atoms with E-state index in [1.54, 1.807) is 0 Å². The molecule has 0 bridgehead atoms. The predicted molar refractivity (Wildman–Crippen MR) is 59.7 cm³/mol. The first-order valence-corrected chi connectivity index (χ1v) is 5.88. The molecule has 0 aliphatic heterocycles. The number of carbonyl (C=O) groups excluding carboxylic acids is 1. The average molecular weight is 221 g/mol. The monoisotopic (exact) mass is 220 g/mol. The summed E-state index contributed by atoms with van der Waals surface area (Å²) in [5.74, 6) is -0.196. The number of ether oxygens (including phenoxy) is 1. The van der Waals surface area contributed by atoms with Crippen LogP contribution in [0, 0.1) is 0 Å². The number of esters is 1. The van der Waals surface area contributed by atoms with E-state index in [1.165, 1.54) is 19.8 Å². The summed E-state index contributed by atoms with van der Waals surface area (Å²) in [5, 5.41) is 0.298. The summed E-state index contributed by atoms with van der Waals surface area (Å²) >= 11 is 6.09. The molecule has 0 aliphatic carbocycles. The van der Waals surface area contributed by atoms with Crippen molar-refractivity contribution in [3.63, 3.8) is 0 Å². The van der Waals surface area contributed by atoms with Gasteiger partial charge in [0.1, 0.15) is 0 Å². The molecule has 14 heavy (non-hydrogen) atoms. The molecular weight excluding hydrogens is 200 g/mol. The van der Waals surface area contributed by atoms with Crippen LogP contribution in [0.1, 0.15) is 52.4 Å². The van der Waals surface area contributed by atoms with Crippen molar-refractivity contribution in [2.24, 2.45) is 0 Å². The molecule has 1 atom stereocenters. The standard InChI is InChI=1S/C11H21ClO2/c1-3-4-7-11(12)8-5-6-9-14-10(2)13/h11H,3-9H2,1-2H3. The molecule has 2 nitrogen and oxygen atoms in total. The van der Waals surface area contributed by atoms with Crippen molar-refractivity contribution in [3.05, 3.63) is 0 Å². The third-order valence-corrected chi connectivity index (χ3v) is 2.52. The molecule has 0 saturated carbocycles. The molecule has 3 heteroatoms. The van der Waals surface area contributed by atoms with Gasteiger partial charge in [-0.1, -0.05) is 19.8 Å². The number of hydrogen-bond donors (Lipinski definition) is 0. The van der Waals surface area contributed by atoms with Crippen molar-refractivity contribution in [2.75, 3.05) is 6.61 Å². The minimum Gasteiger partial charge on any atom is -0.466 e. The molecule has 0 aromatic heterocycles. The van der Waals surface area contributed by atoms with Gasteiger partial charge in [-0.05, 0) is 25.7 Å². The quantitative estimate of drug-likeness (QED) is 0.356. The zero-order chi connectivity index (χ0) is 10.8. The van der Waals surface area contributed by atoms with E-state index in [0.29, 0.717) is 12.0 Å². The van der Waals surface area contributed by atoms with Crippen molar-refractivity contribution < 1.29 is 9.53 Å². The highest BCUT2D eigenvalue weighted by Crippen LogP contribution is 2.14. The number of alkyl halides is 1. The van der Waals surface area contributed by atoms with Crippen molar-refractivity contribution in [3.8, 4) is 0 Å². The Morgan fingerprint density at radius 1 is 1.29 bits per heavy atom. The summed E-state index contributed by atoms with van der Waals surface area (Å²) in [6.07, 6.45) is 6.52. The van der Waals surface area contributed by atoms with Gasteiger partial charge in [0, 0.05) is 12.3 Å². The van der Waals surface area contributed by atoms with E-state index in [-0.39, 0.29) is 5.97 Å². The summed E-state index contributed by atoms with van der Waals surface area (Å²) in [4.78, 5) is 10.4. The lowest BCUT2D eigenvalue weighted by Gasteiger charge is -2.07. The number of unbranched alkanes of at least 4 members (excludes halogenated alkanes) is 2. The highest BCUT2D eigenvalue weighted by Gasteiger charge is 2.03. The third-order valence-electron chi connectivity index (χ3n) is 2.09. The van der Waals surface area contributed by atoms with Crippen LogP contribution in [0.15, 0.2) is 0 Å². The van der Waals surface area contributed by atoms with Crippen molar-refractivity contribution >= 4 is 17.6 Å². The molecule has 0 heterocycles. The van der Waals surface area contributed by atoms with Gasteiger partial charge < -0.3 is 4.74 Å². The van der Waals surface area contributed by atoms with Gasteiger partial charge in [0.2, 0.25) is 0 Å². The number of halogens is 1. The van der Waals surface area contributed by atoms with E-state index in [4.69, 9.17) is 16.3 Å². The second kappa shape index (κ2) is 9.32. The highest BCUT2D eigenvalue weighted by molar-refractivity contribution is 6.20. The molecule has 0 fully saturated rings. The summed E-state index contributed by atoms with van der Waals surface area (Å²) < 4.78 is 4.82. The molecule has 0 saturated heterocycles. The Labute approximate surface area is 92.0 Å². The molecule has 0 radical (unpaired) electrons. The fourth-order valence-electron chi connectivity index (χ4n) is 1.25. The maximum absolute atomic E-state index is 10.4. The van der Waals surface area contributed by atoms with Crippen LogP contribution in [0.5, 0.6) is 0 Å². The summed E-state index contributed by atoms with van der Waals surface area (Å²) in [6, 6.07) is 0. The lowest BCUT2D eigenvalue weighted by atomic mass is 10.1. The van der Waals surface area contributed by atoms with E-state index in [2.05, 4.69) is 6.92 Å².